The first kappa shape index (κ1) is 46.2. The number of aromatic nitrogens is 3. The molecule has 0 fully saturated rings. The molecule has 4 nitrogen and oxygen atoms in total. The molecule has 0 saturated carbocycles. The summed E-state index contributed by atoms with van der Waals surface area (Å²) < 4.78 is 55.8. The number of nitrogens with zero attached hydrogens (tertiary/aromatic N) is 3. The van der Waals surface area contributed by atoms with Crippen LogP contribution in [0.3, 0.4) is 0 Å². The van der Waals surface area contributed by atoms with Gasteiger partial charge in [-0.25, -0.2) is 13.2 Å². The summed E-state index contributed by atoms with van der Waals surface area (Å²) in [6.45, 7) is 14.7. The van der Waals surface area contributed by atoms with E-state index in [1.54, 1.807) is 12.1 Å². The Balaban J connectivity index is 0.000000363. The monoisotopic (exact) mass is 1070 g/mol. The summed E-state index contributed by atoms with van der Waals surface area (Å²) >= 11 is 0. The molecule has 9 heteroatoms. The Morgan fingerprint density at radius 2 is 1.30 bits per heavy atom. The first-order valence-electron chi connectivity index (χ1n) is 21.9. The number of fused-ring (bicyclic) bond motifs is 4. The SMILES string of the molecule is CC(C)c1c(F)c(-c2ccc([Si](C)(C)C)cc2)c(F)c(C(C)C)c1-n1c(-c2[c-]ccc3c2oc2cc(-c4ccccc4)ccc23)nc2ccccc21.Fc1ccc(-c2[c-]cccc2)nc1.[Ir]. The van der Waals surface area contributed by atoms with Gasteiger partial charge < -0.3 is 14.0 Å². The number of pyridine rings is 1. The van der Waals surface area contributed by atoms with Crippen molar-refractivity contribution in [3.63, 3.8) is 0 Å². The molecule has 3 aromatic heterocycles. The zero-order valence-electron chi connectivity index (χ0n) is 37.8. The summed E-state index contributed by atoms with van der Waals surface area (Å²) in [4.78, 5) is 9.09. The summed E-state index contributed by atoms with van der Waals surface area (Å²) in [6.07, 6.45) is 1.20. The molecule has 0 bridgehead atoms. The van der Waals surface area contributed by atoms with Gasteiger partial charge >= 0.3 is 0 Å². The quantitative estimate of drug-likeness (QED) is 0.112. The van der Waals surface area contributed by atoms with Gasteiger partial charge in [0.15, 0.2) is 0 Å². The van der Waals surface area contributed by atoms with Crippen molar-refractivity contribution in [2.24, 2.45) is 0 Å². The Labute approximate surface area is 398 Å². The largest absolute Gasteiger partial charge is 0.501 e. The number of furan rings is 1. The summed E-state index contributed by atoms with van der Waals surface area (Å²) in [6, 6.07) is 52.9. The van der Waals surface area contributed by atoms with Gasteiger partial charge in [-0.3, -0.25) is 4.98 Å². The molecular weight excluding hydrogens is 1020 g/mol. The number of imidazole rings is 1. The number of halogens is 3. The van der Waals surface area contributed by atoms with E-state index in [2.05, 4.69) is 67.1 Å². The van der Waals surface area contributed by atoms with Crippen LogP contribution >= 0.6 is 0 Å². The molecule has 7 aromatic carbocycles. The normalized spacial score (nSPS) is 11.6. The molecular formula is C57H48F3IrN3OSi-2. The van der Waals surface area contributed by atoms with Gasteiger partial charge in [0.05, 0.1) is 48.0 Å². The van der Waals surface area contributed by atoms with Crippen LogP contribution in [-0.2, 0) is 20.1 Å². The van der Waals surface area contributed by atoms with Gasteiger partial charge in [-0.2, -0.15) is 0 Å². The Hall–Kier alpha value is -6.38. The average Bonchev–Trinajstić information content (AvgIpc) is 3.88. The molecule has 66 heavy (non-hydrogen) atoms. The summed E-state index contributed by atoms with van der Waals surface area (Å²) in [5.41, 5.74) is 9.15. The van der Waals surface area contributed by atoms with Gasteiger partial charge in [-0.05, 0) is 58.5 Å². The second-order valence-electron chi connectivity index (χ2n) is 18.0. The van der Waals surface area contributed by atoms with E-state index in [1.807, 2.05) is 129 Å². The fourth-order valence-electron chi connectivity index (χ4n) is 8.63. The van der Waals surface area contributed by atoms with Gasteiger partial charge in [0, 0.05) is 36.6 Å². The summed E-state index contributed by atoms with van der Waals surface area (Å²) in [5.74, 6) is -1.44. The van der Waals surface area contributed by atoms with E-state index in [0.29, 0.717) is 44.9 Å². The molecule has 0 aliphatic rings. The van der Waals surface area contributed by atoms with Crippen LogP contribution in [0.1, 0.15) is 50.7 Å². The maximum absolute atomic E-state index is 17.3. The van der Waals surface area contributed by atoms with Gasteiger partial charge in [-0.15, -0.1) is 54.1 Å². The molecule has 10 rings (SSSR count). The summed E-state index contributed by atoms with van der Waals surface area (Å²) in [7, 11) is -1.61. The Morgan fingerprint density at radius 3 is 1.94 bits per heavy atom. The molecule has 10 aromatic rings. The zero-order chi connectivity index (χ0) is 45.6. The van der Waals surface area contributed by atoms with Crippen LogP contribution in [0.15, 0.2) is 156 Å². The van der Waals surface area contributed by atoms with Crippen molar-refractivity contribution in [3.05, 3.63) is 193 Å². The van der Waals surface area contributed by atoms with Gasteiger partial charge in [0.1, 0.15) is 23.0 Å². The minimum absolute atomic E-state index is 0. The van der Waals surface area contributed by atoms with E-state index in [9.17, 15) is 4.39 Å². The maximum atomic E-state index is 17.3. The molecule has 0 atom stereocenters. The Kier molecular flexibility index (Phi) is 13.2. The van der Waals surface area contributed by atoms with E-state index in [-0.39, 0.29) is 43.3 Å². The van der Waals surface area contributed by atoms with Crippen molar-refractivity contribution < 1.29 is 37.7 Å². The van der Waals surface area contributed by atoms with Crippen molar-refractivity contribution in [1.82, 2.24) is 14.5 Å². The molecule has 0 N–H and O–H groups in total. The van der Waals surface area contributed by atoms with Crippen molar-refractivity contribution in [2.75, 3.05) is 0 Å². The first-order chi connectivity index (χ1) is 31.3. The third-order valence-corrected chi connectivity index (χ3v) is 13.9. The zero-order valence-corrected chi connectivity index (χ0v) is 41.2. The van der Waals surface area contributed by atoms with Crippen LogP contribution in [0.25, 0.3) is 83.6 Å². The predicted molar refractivity (Wildman–Crippen MR) is 263 cm³/mol. The number of benzene rings is 7. The fourth-order valence-corrected chi connectivity index (χ4v) is 9.80. The van der Waals surface area contributed by atoms with E-state index >= 15 is 8.78 Å². The van der Waals surface area contributed by atoms with Gasteiger partial charge in [0.25, 0.3) is 0 Å². The van der Waals surface area contributed by atoms with E-state index in [1.165, 1.54) is 17.4 Å². The fraction of sp³-hybridized carbons (Fsp3) is 0.158. The molecule has 0 aliphatic carbocycles. The second kappa shape index (κ2) is 18.8. The molecule has 0 amide bonds. The van der Waals surface area contributed by atoms with Crippen molar-refractivity contribution >= 4 is 46.2 Å². The van der Waals surface area contributed by atoms with Gasteiger partial charge in [0.2, 0.25) is 0 Å². The Bertz CT molecular complexity index is 3290. The molecule has 0 unspecified atom stereocenters. The third-order valence-electron chi connectivity index (χ3n) is 11.9. The standard InChI is InChI=1S/C46H41F2N2OSi.C11H7FN.Ir/c1-27(2)39-42(47)41(30-20-23-32(24-21-30)52(5,6)7)43(48)40(28(3)4)44(39)50-37-19-12-11-18-36(37)49-46(50)35-17-13-16-34-33-25-22-31(26-38(33)51-45(34)35)29-14-9-8-10-15-29;12-10-6-7-11(13-8-10)9-4-2-1-3-5-9;/h8-16,18-28H,1-7H3;1-4,6-8H;/q2*-1;. The predicted octanol–water partition coefficient (Wildman–Crippen LogP) is 15.5. The molecule has 0 spiro atoms. The minimum atomic E-state index is -1.61. The van der Waals surface area contributed by atoms with Crippen LogP contribution in [0, 0.1) is 29.6 Å². The molecule has 1 radical (unpaired) electrons. The van der Waals surface area contributed by atoms with Crippen LogP contribution < -0.4 is 5.19 Å². The van der Waals surface area contributed by atoms with Gasteiger partial charge in [-0.1, -0.05) is 148 Å². The number of para-hydroxylation sites is 2. The minimum Gasteiger partial charge on any atom is -0.501 e. The topological polar surface area (TPSA) is 43.9 Å². The molecule has 0 aliphatic heterocycles. The van der Waals surface area contributed by atoms with E-state index in [4.69, 9.17) is 9.40 Å². The van der Waals surface area contributed by atoms with E-state index in [0.717, 1.165) is 44.3 Å². The molecule has 333 valence electrons. The number of hydrogen-bond donors (Lipinski definition) is 0. The van der Waals surface area contributed by atoms with Crippen LogP contribution in [0.4, 0.5) is 13.2 Å². The van der Waals surface area contributed by atoms with Crippen molar-refractivity contribution in [1.29, 1.82) is 0 Å². The summed E-state index contributed by atoms with van der Waals surface area (Å²) in [5, 5.41) is 3.13. The second-order valence-corrected chi connectivity index (χ2v) is 23.1. The van der Waals surface area contributed by atoms with Crippen LogP contribution in [0.2, 0.25) is 19.6 Å². The Morgan fingerprint density at radius 1 is 0.636 bits per heavy atom. The molecule has 0 saturated heterocycles. The maximum Gasteiger partial charge on any atom is 0.139 e. The smallest absolute Gasteiger partial charge is 0.139 e. The third kappa shape index (κ3) is 8.71. The van der Waals surface area contributed by atoms with Crippen LogP contribution in [0.5, 0.6) is 0 Å². The average molecular weight is 1070 g/mol. The van der Waals surface area contributed by atoms with Crippen LogP contribution in [-0.4, -0.2) is 22.6 Å². The molecule has 3 heterocycles. The van der Waals surface area contributed by atoms with Crippen molar-refractivity contribution in [2.45, 2.75) is 59.2 Å². The number of hydrogen-bond acceptors (Lipinski definition) is 3. The van der Waals surface area contributed by atoms with E-state index < -0.39 is 19.7 Å². The van der Waals surface area contributed by atoms with Crippen molar-refractivity contribution in [3.8, 4) is 50.6 Å². The number of rotatable bonds is 8. The first-order valence-corrected chi connectivity index (χ1v) is 25.4.